The van der Waals surface area contributed by atoms with Gasteiger partial charge in [-0.05, 0) is 24.6 Å². The van der Waals surface area contributed by atoms with Crippen molar-refractivity contribution in [3.8, 4) is 5.75 Å². The number of benzene rings is 1. The van der Waals surface area contributed by atoms with E-state index in [1.165, 1.54) is 0 Å². The fourth-order valence-corrected chi connectivity index (χ4v) is 1.88. The Hall–Kier alpha value is -2.50. The lowest BCUT2D eigenvalue weighted by Crippen LogP contribution is -2.36. The second-order valence-electron chi connectivity index (χ2n) is 4.79. The highest BCUT2D eigenvalue weighted by Gasteiger charge is 2.10. The van der Waals surface area contributed by atoms with Crippen LogP contribution in [0.4, 0.5) is 4.79 Å². The Morgan fingerprint density at radius 1 is 1.38 bits per heavy atom. The van der Waals surface area contributed by atoms with Crippen molar-refractivity contribution in [3.63, 3.8) is 0 Å². The third-order valence-corrected chi connectivity index (χ3v) is 3.02. The summed E-state index contributed by atoms with van der Waals surface area (Å²) >= 11 is 0. The molecule has 0 atom stereocenters. The Balaban J connectivity index is 1.83. The van der Waals surface area contributed by atoms with Crippen molar-refractivity contribution >= 4 is 6.03 Å². The minimum atomic E-state index is -0.161. The van der Waals surface area contributed by atoms with Crippen molar-refractivity contribution in [3.05, 3.63) is 47.3 Å². The SMILES string of the molecule is COc1ccc(CN(C)C(=O)NCc2cc(C)on2)cc1. The van der Waals surface area contributed by atoms with Crippen LogP contribution in [-0.2, 0) is 13.1 Å². The van der Waals surface area contributed by atoms with E-state index in [1.807, 2.05) is 31.2 Å². The molecule has 1 heterocycles. The monoisotopic (exact) mass is 289 g/mol. The molecule has 2 rings (SSSR count). The molecule has 6 nitrogen and oxygen atoms in total. The van der Waals surface area contributed by atoms with E-state index in [9.17, 15) is 4.79 Å². The van der Waals surface area contributed by atoms with Gasteiger partial charge >= 0.3 is 6.03 Å². The maximum absolute atomic E-state index is 12.0. The van der Waals surface area contributed by atoms with Crippen LogP contribution in [0, 0.1) is 6.92 Å². The number of hydrogen-bond acceptors (Lipinski definition) is 4. The molecule has 0 aliphatic carbocycles. The number of rotatable bonds is 5. The predicted octanol–water partition coefficient (Wildman–Crippen LogP) is 2.33. The number of urea groups is 1. The Morgan fingerprint density at radius 2 is 2.10 bits per heavy atom. The summed E-state index contributed by atoms with van der Waals surface area (Å²) in [6.07, 6.45) is 0. The van der Waals surface area contributed by atoms with Gasteiger partial charge in [0.1, 0.15) is 17.2 Å². The van der Waals surface area contributed by atoms with Crippen molar-refractivity contribution in [2.45, 2.75) is 20.0 Å². The summed E-state index contributed by atoms with van der Waals surface area (Å²) in [7, 11) is 3.37. The summed E-state index contributed by atoms with van der Waals surface area (Å²) in [6.45, 7) is 2.69. The maximum Gasteiger partial charge on any atom is 0.317 e. The molecule has 0 aliphatic heterocycles. The molecule has 0 fully saturated rings. The van der Waals surface area contributed by atoms with Crippen molar-refractivity contribution in [2.75, 3.05) is 14.2 Å². The highest BCUT2D eigenvalue weighted by Crippen LogP contribution is 2.12. The van der Waals surface area contributed by atoms with Crippen molar-refractivity contribution in [1.29, 1.82) is 0 Å². The van der Waals surface area contributed by atoms with Crippen LogP contribution in [0.25, 0.3) is 0 Å². The summed E-state index contributed by atoms with van der Waals surface area (Å²) in [5.74, 6) is 1.53. The molecule has 1 N–H and O–H groups in total. The molecule has 6 heteroatoms. The van der Waals surface area contributed by atoms with E-state index in [0.717, 1.165) is 17.1 Å². The lowest BCUT2D eigenvalue weighted by atomic mass is 10.2. The highest BCUT2D eigenvalue weighted by molar-refractivity contribution is 5.73. The van der Waals surface area contributed by atoms with Crippen molar-refractivity contribution in [1.82, 2.24) is 15.4 Å². The summed E-state index contributed by atoms with van der Waals surface area (Å²) in [5.41, 5.74) is 1.74. The van der Waals surface area contributed by atoms with Crippen LogP contribution in [0.15, 0.2) is 34.9 Å². The Bertz CT molecular complexity index is 592. The van der Waals surface area contributed by atoms with E-state index in [0.29, 0.717) is 18.8 Å². The topological polar surface area (TPSA) is 67.6 Å². The number of hydrogen-bond donors (Lipinski definition) is 1. The van der Waals surface area contributed by atoms with Crippen LogP contribution in [-0.4, -0.2) is 30.2 Å². The summed E-state index contributed by atoms with van der Waals surface area (Å²) in [4.78, 5) is 13.6. The third kappa shape index (κ3) is 4.24. The van der Waals surface area contributed by atoms with E-state index >= 15 is 0 Å². The van der Waals surface area contributed by atoms with Gasteiger partial charge in [0.15, 0.2) is 0 Å². The van der Waals surface area contributed by atoms with Gasteiger partial charge in [-0.3, -0.25) is 0 Å². The second kappa shape index (κ2) is 6.78. The fourth-order valence-electron chi connectivity index (χ4n) is 1.88. The van der Waals surface area contributed by atoms with Crippen molar-refractivity contribution in [2.24, 2.45) is 0 Å². The molecule has 2 aromatic rings. The van der Waals surface area contributed by atoms with Gasteiger partial charge in [-0.2, -0.15) is 0 Å². The van der Waals surface area contributed by atoms with Gasteiger partial charge in [-0.1, -0.05) is 17.3 Å². The zero-order chi connectivity index (χ0) is 15.2. The molecule has 0 aliphatic rings. The van der Waals surface area contributed by atoms with Crippen LogP contribution in [0.1, 0.15) is 17.0 Å². The minimum absolute atomic E-state index is 0.161. The quantitative estimate of drug-likeness (QED) is 0.917. The standard InChI is InChI=1S/C15H19N3O3/c1-11-8-13(17-21-11)9-16-15(19)18(2)10-12-4-6-14(20-3)7-5-12/h4-8H,9-10H2,1-3H3,(H,16,19). The largest absolute Gasteiger partial charge is 0.497 e. The highest BCUT2D eigenvalue weighted by atomic mass is 16.5. The summed E-state index contributed by atoms with van der Waals surface area (Å²) < 4.78 is 10.1. The van der Waals surface area contributed by atoms with Crippen molar-refractivity contribution < 1.29 is 14.1 Å². The molecule has 0 saturated carbocycles. The molecular formula is C15H19N3O3. The third-order valence-electron chi connectivity index (χ3n) is 3.02. The molecule has 1 aromatic carbocycles. The fraction of sp³-hybridized carbons (Fsp3) is 0.333. The van der Waals surface area contributed by atoms with Crippen LogP contribution >= 0.6 is 0 Å². The van der Waals surface area contributed by atoms with Gasteiger partial charge in [-0.25, -0.2) is 4.79 Å². The number of carbonyl (C=O) groups is 1. The lowest BCUT2D eigenvalue weighted by Gasteiger charge is -2.17. The number of aryl methyl sites for hydroxylation is 1. The zero-order valence-electron chi connectivity index (χ0n) is 12.4. The molecule has 0 spiro atoms. The van der Waals surface area contributed by atoms with Crippen LogP contribution in [0.2, 0.25) is 0 Å². The van der Waals surface area contributed by atoms with E-state index < -0.39 is 0 Å². The van der Waals surface area contributed by atoms with E-state index in [-0.39, 0.29) is 6.03 Å². The Kier molecular flexibility index (Phi) is 4.81. The average Bonchev–Trinajstić information content (AvgIpc) is 2.91. The molecule has 0 radical (unpaired) electrons. The normalized spacial score (nSPS) is 10.2. The second-order valence-corrected chi connectivity index (χ2v) is 4.79. The molecule has 1 aromatic heterocycles. The number of nitrogens with zero attached hydrogens (tertiary/aromatic N) is 2. The Labute approximate surface area is 123 Å². The van der Waals surface area contributed by atoms with Gasteiger partial charge in [-0.15, -0.1) is 0 Å². The summed E-state index contributed by atoms with van der Waals surface area (Å²) in [6, 6.07) is 9.25. The molecular weight excluding hydrogens is 270 g/mol. The lowest BCUT2D eigenvalue weighted by molar-refractivity contribution is 0.206. The number of methoxy groups -OCH3 is 1. The van der Waals surface area contributed by atoms with E-state index in [1.54, 1.807) is 25.1 Å². The van der Waals surface area contributed by atoms with E-state index in [2.05, 4.69) is 10.5 Å². The van der Waals surface area contributed by atoms with Gasteiger partial charge < -0.3 is 19.5 Å². The first kappa shape index (κ1) is 14.9. The minimum Gasteiger partial charge on any atom is -0.497 e. The first-order valence-electron chi connectivity index (χ1n) is 6.62. The van der Waals surface area contributed by atoms with Gasteiger partial charge in [0, 0.05) is 19.7 Å². The van der Waals surface area contributed by atoms with E-state index in [4.69, 9.17) is 9.26 Å². The van der Waals surface area contributed by atoms with Crippen LogP contribution in [0.3, 0.4) is 0 Å². The summed E-state index contributed by atoms with van der Waals surface area (Å²) in [5, 5.41) is 6.62. The number of amides is 2. The molecule has 0 saturated heterocycles. The molecule has 0 unspecified atom stereocenters. The number of nitrogens with one attached hydrogen (secondary N) is 1. The van der Waals surface area contributed by atoms with Crippen LogP contribution in [0.5, 0.6) is 5.75 Å². The van der Waals surface area contributed by atoms with Crippen LogP contribution < -0.4 is 10.1 Å². The van der Waals surface area contributed by atoms with Gasteiger partial charge in [0.2, 0.25) is 0 Å². The molecule has 112 valence electrons. The molecule has 21 heavy (non-hydrogen) atoms. The predicted molar refractivity (Wildman–Crippen MR) is 77.9 cm³/mol. The first-order valence-corrected chi connectivity index (χ1v) is 6.62. The number of ether oxygens (including phenoxy) is 1. The Morgan fingerprint density at radius 3 is 2.67 bits per heavy atom. The van der Waals surface area contributed by atoms with Gasteiger partial charge in [0.05, 0.1) is 13.7 Å². The smallest absolute Gasteiger partial charge is 0.317 e. The number of carbonyl (C=O) groups excluding carboxylic acids is 1. The number of aromatic nitrogens is 1. The maximum atomic E-state index is 12.0. The molecule has 2 amide bonds. The zero-order valence-corrected chi connectivity index (χ0v) is 12.4. The average molecular weight is 289 g/mol. The first-order chi connectivity index (χ1) is 10.1. The molecule has 0 bridgehead atoms. The van der Waals surface area contributed by atoms with Gasteiger partial charge in [0.25, 0.3) is 0 Å².